The monoisotopic (exact) mass is 401 g/mol. The summed E-state index contributed by atoms with van der Waals surface area (Å²) in [4.78, 5) is 25.2. The molecule has 3 rings (SSSR count). The van der Waals surface area contributed by atoms with Gasteiger partial charge in [-0.1, -0.05) is 57.5 Å². The van der Waals surface area contributed by atoms with E-state index in [9.17, 15) is 14.7 Å². The van der Waals surface area contributed by atoms with Gasteiger partial charge in [0.1, 0.15) is 11.6 Å². The number of benzene rings is 1. The summed E-state index contributed by atoms with van der Waals surface area (Å²) in [6.45, 7) is 6.89. The van der Waals surface area contributed by atoms with Crippen molar-refractivity contribution in [3.05, 3.63) is 51.9 Å². The summed E-state index contributed by atoms with van der Waals surface area (Å²) in [6.07, 6.45) is 3.03. The van der Waals surface area contributed by atoms with Gasteiger partial charge in [0, 0.05) is 4.88 Å². The van der Waals surface area contributed by atoms with E-state index in [0.29, 0.717) is 10.9 Å². The number of fused-ring (bicyclic) bond motifs is 1. The van der Waals surface area contributed by atoms with Gasteiger partial charge in [-0.15, -0.1) is 11.3 Å². The summed E-state index contributed by atoms with van der Waals surface area (Å²) in [5, 5.41) is 12.8. The molecule has 1 aliphatic rings. The molecule has 0 spiro atoms. The van der Waals surface area contributed by atoms with Crippen LogP contribution in [0.1, 0.15) is 60.0 Å². The lowest BCUT2D eigenvalue weighted by Gasteiger charge is -2.36. The lowest BCUT2D eigenvalue weighted by molar-refractivity contribution is 0.0696. The van der Waals surface area contributed by atoms with E-state index >= 15 is 0 Å². The third kappa shape index (κ3) is 4.38. The third-order valence-electron chi connectivity index (χ3n) is 5.92. The molecule has 0 saturated heterocycles. The standard InChI is InChI=1S/C22H27NO4S/c1-4-22(2,3)15-10-11-16-17(12-15)28-19(18(16)20(24)25)23-21(26)27-13-14-8-6-5-7-9-14/h5-9,15H,4,10-13H2,1-3H3,(H,23,26)(H,24,25). The normalized spacial score (nSPS) is 16.3. The average molecular weight is 402 g/mol. The molecule has 0 radical (unpaired) electrons. The highest BCUT2D eigenvalue weighted by molar-refractivity contribution is 7.17. The predicted molar refractivity (Wildman–Crippen MR) is 111 cm³/mol. The van der Waals surface area contributed by atoms with Gasteiger partial charge in [0.05, 0.1) is 5.56 Å². The van der Waals surface area contributed by atoms with Crippen molar-refractivity contribution in [3.8, 4) is 0 Å². The van der Waals surface area contributed by atoms with E-state index in [4.69, 9.17) is 4.74 Å². The van der Waals surface area contributed by atoms with Crippen LogP contribution in [0.15, 0.2) is 30.3 Å². The SMILES string of the molecule is CCC(C)(C)C1CCc2c(sc(NC(=O)OCc3ccccc3)c2C(=O)O)C1. The first-order valence-corrected chi connectivity index (χ1v) is 10.5. The highest BCUT2D eigenvalue weighted by atomic mass is 32.1. The Kier molecular flexibility index (Phi) is 6.08. The number of carbonyl (C=O) groups is 2. The van der Waals surface area contributed by atoms with Crippen LogP contribution in [0.3, 0.4) is 0 Å². The van der Waals surface area contributed by atoms with Crippen molar-refractivity contribution in [1.29, 1.82) is 0 Å². The van der Waals surface area contributed by atoms with Gasteiger partial charge in [-0.3, -0.25) is 5.32 Å². The Labute approximate surface area is 169 Å². The van der Waals surface area contributed by atoms with E-state index in [1.807, 2.05) is 30.3 Å². The van der Waals surface area contributed by atoms with E-state index < -0.39 is 12.1 Å². The fourth-order valence-corrected chi connectivity index (χ4v) is 5.01. The number of ether oxygens (including phenoxy) is 1. The predicted octanol–water partition coefficient (Wildman–Crippen LogP) is 5.74. The first kappa shape index (κ1) is 20.4. The number of thiophene rings is 1. The van der Waals surface area contributed by atoms with Gasteiger partial charge in [-0.25, -0.2) is 9.59 Å². The van der Waals surface area contributed by atoms with Crippen LogP contribution in [0.2, 0.25) is 0 Å². The van der Waals surface area contributed by atoms with Gasteiger partial charge in [0.15, 0.2) is 0 Å². The lowest BCUT2D eigenvalue weighted by atomic mass is 9.69. The summed E-state index contributed by atoms with van der Waals surface area (Å²) >= 11 is 1.38. The van der Waals surface area contributed by atoms with Gasteiger partial charge >= 0.3 is 12.1 Å². The number of aromatic carboxylic acids is 1. The molecule has 1 aromatic carbocycles. The summed E-state index contributed by atoms with van der Waals surface area (Å²) in [7, 11) is 0. The Hall–Kier alpha value is -2.34. The molecule has 5 nitrogen and oxygen atoms in total. The van der Waals surface area contributed by atoms with E-state index in [1.54, 1.807) is 0 Å². The number of carboxylic acids is 1. The van der Waals surface area contributed by atoms with Gasteiger partial charge < -0.3 is 9.84 Å². The maximum Gasteiger partial charge on any atom is 0.412 e. The topological polar surface area (TPSA) is 75.6 Å². The number of anilines is 1. The van der Waals surface area contributed by atoms with Crippen LogP contribution in [0.4, 0.5) is 9.80 Å². The van der Waals surface area contributed by atoms with Crippen molar-refractivity contribution >= 4 is 28.4 Å². The zero-order valence-corrected chi connectivity index (χ0v) is 17.4. The molecule has 1 atom stereocenters. The zero-order valence-electron chi connectivity index (χ0n) is 16.6. The Morgan fingerprint density at radius 2 is 2.00 bits per heavy atom. The molecule has 1 heterocycles. The van der Waals surface area contributed by atoms with Crippen LogP contribution >= 0.6 is 11.3 Å². The van der Waals surface area contributed by atoms with Gasteiger partial charge in [0.2, 0.25) is 0 Å². The lowest BCUT2D eigenvalue weighted by Crippen LogP contribution is -2.28. The van der Waals surface area contributed by atoms with Crippen molar-refractivity contribution in [2.45, 2.75) is 53.1 Å². The highest BCUT2D eigenvalue weighted by Crippen LogP contribution is 2.45. The van der Waals surface area contributed by atoms with E-state index in [2.05, 4.69) is 26.1 Å². The number of rotatable bonds is 6. The number of nitrogens with one attached hydrogen (secondary N) is 1. The summed E-state index contributed by atoms with van der Waals surface area (Å²) in [6, 6.07) is 9.39. The molecule has 0 aliphatic heterocycles. The molecule has 0 saturated carbocycles. The van der Waals surface area contributed by atoms with Crippen LogP contribution in [0.25, 0.3) is 0 Å². The number of carboxylic acid groups (broad SMARTS) is 1. The molecule has 1 unspecified atom stereocenters. The van der Waals surface area contributed by atoms with Crippen LogP contribution in [0.5, 0.6) is 0 Å². The molecule has 0 fully saturated rings. The largest absolute Gasteiger partial charge is 0.478 e. The van der Waals surface area contributed by atoms with Crippen LogP contribution in [-0.4, -0.2) is 17.2 Å². The molecule has 28 heavy (non-hydrogen) atoms. The average Bonchev–Trinajstić information content (AvgIpc) is 3.04. The second-order valence-electron chi connectivity index (χ2n) is 7.98. The fraction of sp³-hybridized carbons (Fsp3) is 0.455. The molecule has 0 bridgehead atoms. The number of carbonyl (C=O) groups excluding carboxylic acids is 1. The number of hydrogen-bond donors (Lipinski definition) is 2. The molecular weight excluding hydrogens is 374 g/mol. The van der Waals surface area contributed by atoms with Crippen LogP contribution in [0, 0.1) is 11.3 Å². The minimum absolute atomic E-state index is 0.146. The Bertz CT molecular complexity index is 857. The quantitative estimate of drug-likeness (QED) is 0.647. The maximum atomic E-state index is 12.2. The minimum Gasteiger partial charge on any atom is -0.478 e. The maximum absolute atomic E-state index is 12.2. The molecule has 6 heteroatoms. The summed E-state index contributed by atoms with van der Waals surface area (Å²) in [5.41, 5.74) is 2.20. The number of amides is 1. The first-order valence-electron chi connectivity index (χ1n) is 9.67. The molecule has 1 amide bonds. The Morgan fingerprint density at radius 3 is 2.64 bits per heavy atom. The van der Waals surface area contributed by atoms with Crippen LogP contribution < -0.4 is 5.32 Å². The van der Waals surface area contributed by atoms with Crippen molar-refractivity contribution in [3.63, 3.8) is 0 Å². The van der Waals surface area contributed by atoms with Crippen LogP contribution in [-0.2, 0) is 24.2 Å². The molecule has 150 valence electrons. The fourth-order valence-electron chi connectivity index (χ4n) is 3.71. The number of hydrogen-bond acceptors (Lipinski definition) is 4. The van der Waals surface area contributed by atoms with Gasteiger partial charge in [-0.05, 0) is 41.7 Å². The van der Waals surface area contributed by atoms with Crippen molar-refractivity contribution in [1.82, 2.24) is 0 Å². The molecular formula is C22H27NO4S. The van der Waals surface area contributed by atoms with Crippen molar-refractivity contribution in [2.24, 2.45) is 11.3 Å². The summed E-state index contributed by atoms with van der Waals surface area (Å²) < 4.78 is 5.26. The zero-order chi connectivity index (χ0) is 20.3. The minimum atomic E-state index is -0.996. The molecule has 2 aromatic rings. The third-order valence-corrected chi connectivity index (χ3v) is 7.09. The summed E-state index contributed by atoms with van der Waals surface area (Å²) in [5.74, 6) is -0.479. The second-order valence-corrected chi connectivity index (χ2v) is 9.09. The first-order chi connectivity index (χ1) is 13.3. The molecule has 1 aromatic heterocycles. The van der Waals surface area contributed by atoms with Crippen molar-refractivity contribution in [2.75, 3.05) is 5.32 Å². The molecule has 1 aliphatic carbocycles. The van der Waals surface area contributed by atoms with Gasteiger partial charge in [0.25, 0.3) is 0 Å². The van der Waals surface area contributed by atoms with E-state index in [-0.39, 0.29) is 17.6 Å². The second kappa shape index (κ2) is 8.35. The van der Waals surface area contributed by atoms with Crippen molar-refractivity contribution < 1.29 is 19.4 Å². The van der Waals surface area contributed by atoms with E-state index in [1.165, 1.54) is 11.3 Å². The Balaban J connectivity index is 1.75. The smallest absolute Gasteiger partial charge is 0.412 e. The van der Waals surface area contributed by atoms with E-state index in [0.717, 1.165) is 41.7 Å². The highest BCUT2D eigenvalue weighted by Gasteiger charge is 2.35. The Morgan fingerprint density at radius 1 is 1.29 bits per heavy atom. The van der Waals surface area contributed by atoms with Gasteiger partial charge in [-0.2, -0.15) is 0 Å². The molecule has 2 N–H and O–H groups in total.